The zero-order valence-electron chi connectivity index (χ0n) is 12.0. The van der Waals surface area contributed by atoms with Crippen LogP contribution in [0.3, 0.4) is 0 Å². The van der Waals surface area contributed by atoms with Crippen LogP contribution in [0.4, 0.5) is 5.69 Å². The third kappa shape index (κ3) is 3.09. The average molecular weight is 272 g/mol. The van der Waals surface area contributed by atoms with E-state index in [1.807, 2.05) is 30.1 Å². The number of amides is 1. The Labute approximate surface area is 119 Å². The lowest BCUT2D eigenvalue weighted by Gasteiger charge is -2.34. The van der Waals surface area contributed by atoms with E-state index in [-0.39, 0.29) is 5.91 Å². The SMILES string of the molecule is CCNCc1ccc(N2CCN(C)C(=O)C2)c(C#N)c1. The molecule has 1 amide bonds. The van der Waals surface area contributed by atoms with E-state index in [1.165, 1.54) is 0 Å². The number of nitriles is 1. The third-order valence-electron chi connectivity index (χ3n) is 3.56. The molecule has 1 aliphatic heterocycles. The number of likely N-dealkylation sites (N-methyl/N-ethyl adjacent to an activating group) is 1. The molecule has 20 heavy (non-hydrogen) atoms. The van der Waals surface area contributed by atoms with E-state index in [1.54, 1.807) is 4.90 Å². The fourth-order valence-electron chi connectivity index (χ4n) is 2.29. The standard InChI is InChI=1S/C15H20N4O/c1-3-17-10-12-4-5-14(13(8-12)9-16)19-7-6-18(2)15(20)11-19/h4-5,8,17H,3,6-7,10-11H2,1-2H3. The van der Waals surface area contributed by atoms with Crippen LogP contribution in [0, 0.1) is 11.3 Å². The van der Waals surface area contributed by atoms with Gasteiger partial charge in [0.25, 0.3) is 0 Å². The number of piperazine rings is 1. The van der Waals surface area contributed by atoms with E-state index in [9.17, 15) is 10.1 Å². The normalized spacial score (nSPS) is 15.3. The molecule has 0 radical (unpaired) electrons. The van der Waals surface area contributed by atoms with Crippen molar-refractivity contribution in [2.24, 2.45) is 0 Å². The molecule has 106 valence electrons. The molecule has 1 fully saturated rings. The minimum atomic E-state index is 0.0943. The minimum absolute atomic E-state index is 0.0943. The average Bonchev–Trinajstić information content (AvgIpc) is 2.47. The second kappa shape index (κ2) is 6.40. The molecule has 0 bridgehead atoms. The Hall–Kier alpha value is -2.06. The van der Waals surface area contributed by atoms with Crippen molar-refractivity contribution in [3.05, 3.63) is 29.3 Å². The van der Waals surface area contributed by atoms with Gasteiger partial charge in [-0.05, 0) is 24.2 Å². The fourth-order valence-corrected chi connectivity index (χ4v) is 2.29. The predicted octanol–water partition coefficient (Wildman–Crippen LogP) is 0.946. The summed E-state index contributed by atoms with van der Waals surface area (Å²) in [5.41, 5.74) is 2.58. The maximum absolute atomic E-state index is 11.8. The van der Waals surface area contributed by atoms with Crippen LogP contribution in [0.15, 0.2) is 18.2 Å². The summed E-state index contributed by atoms with van der Waals surface area (Å²) in [7, 11) is 1.81. The lowest BCUT2D eigenvalue weighted by Crippen LogP contribution is -2.48. The highest BCUT2D eigenvalue weighted by molar-refractivity contribution is 5.83. The molecule has 1 saturated heterocycles. The van der Waals surface area contributed by atoms with E-state index in [4.69, 9.17) is 0 Å². The Morgan fingerprint density at radius 2 is 2.20 bits per heavy atom. The zero-order chi connectivity index (χ0) is 14.5. The summed E-state index contributed by atoms with van der Waals surface area (Å²) in [6, 6.07) is 8.11. The second-order valence-corrected chi connectivity index (χ2v) is 4.98. The van der Waals surface area contributed by atoms with E-state index in [0.29, 0.717) is 18.7 Å². The first-order chi connectivity index (χ1) is 9.65. The van der Waals surface area contributed by atoms with Gasteiger partial charge < -0.3 is 15.1 Å². The molecule has 0 aliphatic carbocycles. The predicted molar refractivity (Wildman–Crippen MR) is 78.4 cm³/mol. The molecule has 1 aromatic rings. The molecule has 1 N–H and O–H groups in total. The fraction of sp³-hybridized carbons (Fsp3) is 0.467. The van der Waals surface area contributed by atoms with Crippen molar-refractivity contribution in [3.8, 4) is 6.07 Å². The summed E-state index contributed by atoms with van der Waals surface area (Å²) in [6.07, 6.45) is 0. The molecule has 1 heterocycles. The summed E-state index contributed by atoms with van der Waals surface area (Å²) < 4.78 is 0. The lowest BCUT2D eigenvalue weighted by atomic mass is 10.1. The van der Waals surface area contributed by atoms with E-state index >= 15 is 0 Å². The molecule has 1 aromatic carbocycles. The highest BCUT2D eigenvalue weighted by Crippen LogP contribution is 2.23. The molecule has 0 saturated carbocycles. The maximum atomic E-state index is 11.8. The number of nitrogens with zero attached hydrogens (tertiary/aromatic N) is 3. The van der Waals surface area contributed by atoms with Crippen LogP contribution in [0.1, 0.15) is 18.1 Å². The molecule has 5 nitrogen and oxygen atoms in total. The molecule has 1 aliphatic rings. The summed E-state index contributed by atoms with van der Waals surface area (Å²) >= 11 is 0. The van der Waals surface area contributed by atoms with Crippen molar-refractivity contribution in [2.75, 3.05) is 38.1 Å². The van der Waals surface area contributed by atoms with Crippen LogP contribution >= 0.6 is 0 Å². The van der Waals surface area contributed by atoms with Crippen molar-refractivity contribution in [1.82, 2.24) is 10.2 Å². The first kappa shape index (κ1) is 14.4. The van der Waals surface area contributed by atoms with Crippen LogP contribution in [-0.2, 0) is 11.3 Å². The number of anilines is 1. The van der Waals surface area contributed by atoms with Crippen LogP contribution in [0.25, 0.3) is 0 Å². The van der Waals surface area contributed by atoms with Crippen LogP contribution in [0.2, 0.25) is 0 Å². The van der Waals surface area contributed by atoms with Gasteiger partial charge in [-0.3, -0.25) is 4.79 Å². The molecule has 5 heteroatoms. The largest absolute Gasteiger partial charge is 0.359 e. The monoisotopic (exact) mass is 272 g/mol. The minimum Gasteiger partial charge on any atom is -0.359 e. The van der Waals surface area contributed by atoms with Crippen LogP contribution in [0.5, 0.6) is 0 Å². The molecular formula is C15H20N4O. The Kier molecular flexibility index (Phi) is 4.59. The number of nitrogens with one attached hydrogen (secondary N) is 1. The summed E-state index contributed by atoms with van der Waals surface area (Å²) in [5, 5.41) is 12.6. The van der Waals surface area contributed by atoms with Gasteiger partial charge in [0.1, 0.15) is 6.07 Å². The highest BCUT2D eigenvalue weighted by Gasteiger charge is 2.22. The first-order valence-corrected chi connectivity index (χ1v) is 6.88. The molecule has 0 atom stereocenters. The van der Waals surface area contributed by atoms with Crippen molar-refractivity contribution in [2.45, 2.75) is 13.5 Å². The van der Waals surface area contributed by atoms with E-state index < -0.39 is 0 Å². The van der Waals surface area contributed by atoms with E-state index in [2.05, 4.69) is 18.3 Å². The Balaban J connectivity index is 2.19. The molecule has 0 unspecified atom stereocenters. The van der Waals surface area contributed by atoms with Gasteiger partial charge >= 0.3 is 0 Å². The van der Waals surface area contributed by atoms with Crippen LogP contribution in [-0.4, -0.2) is 44.0 Å². The number of rotatable bonds is 4. The number of carbonyl (C=O) groups is 1. The zero-order valence-corrected chi connectivity index (χ0v) is 12.0. The quantitative estimate of drug-likeness (QED) is 0.886. The summed E-state index contributed by atoms with van der Waals surface area (Å²) in [4.78, 5) is 15.5. The highest BCUT2D eigenvalue weighted by atomic mass is 16.2. The van der Waals surface area contributed by atoms with Gasteiger partial charge in [-0.15, -0.1) is 0 Å². The number of hydrogen-bond acceptors (Lipinski definition) is 4. The molecular weight excluding hydrogens is 252 g/mol. The van der Waals surface area contributed by atoms with Gasteiger partial charge in [0.05, 0.1) is 17.8 Å². The molecule has 0 aromatic heterocycles. The number of benzene rings is 1. The van der Waals surface area contributed by atoms with Gasteiger partial charge in [-0.2, -0.15) is 5.26 Å². The lowest BCUT2D eigenvalue weighted by molar-refractivity contribution is -0.129. The molecule has 2 rings (SSSR count). The van der Waals surface area contributed by atoms with Crippen LogP contribution < -0.4 is 10.2 Å². The van der Waals surface area contributed by atoms with E-state index in [0.717, 1.165) is 30.9 Å². The van der Waals surface area contributed by atoms with Gasteiger partial charge in [0.15, 0.2) is 0 Å². The topological polar surface area (TPSA) is 59.4 Å². The van der Waals surface area contributed by atoms with Crippen molar-refractivity contribution >= 4 is 11.6 Å². The maximum Gasteiger partial charge on any atom is 0.241 e. The third-order valence-corrected chi connectivity index (χ3v) is 3.56. The Morgan fingerprint density at radius 3 is 2.85 bits per heavy atom. The van der Waals surface area contributed by atoms with Gasteiger partial charge in [0.2, 0.25) is 5.91 Å². The smallest absolute Gasteiger partial charge is 0.241 e. The van der Waals surface area contributed by atoms with Gasteiger partial charge in [-0.1, -0.05) is 13.0 Å². The number of hydrogen-bond donors (Lipinski definition) is 1. The van der Waals surface area contributed by atoms with Gasteiger partial charge in [0, 0.05) is 26.7 Å². The Morgan fingerprint density at radius 1 is 1.40 bits per heavy atom. The van der Waals surface area contributed by atoms with Crippen molar-refractivity contribution in [1.29, 1.82) is 5.26 Å². The molecule has 0 spiro atoms. The number of carbonyl (C=O) groups excluding carboxylic acids is 1. The van der Waals surface area contributed by atoms with Crippen molar-refractivity contribution in [3.63, 3.8) is 0 Å². The summed E-state index contributed by atoms with van der Waals surface area (Å²) in [5.74, 6) is 0.0943. The van der Waals surface area contributed by atoms with Gasteiger partial charge in [-0.25, -0.2) is 0 Å². The Bertz CT molecular complexity index is 535. The second-order valence-electron chi connectivity index (χ2n) is 4.98. The summed E-state index contributed by atoms with van der Waals surface area (Å²) in [6.45, 7) is 5.52. The van der Waals surface area contributed by atoms with Crippen molar-refractivity contribution < 1.29 is 4.79 Å². The first-order valence-electron chi connectivity index (χ1n) is 6.88.